The van der Waals surface area contributed by atoms with Crippen molar-refractivity contribution in [2.75, 3.05) is 13.1 Å². The van der Waals surface area contributed by atoms with Gasteiger partial charge in [0.05, 0.1) is 6.10 Å². The third kappa shape index (κ3) is 4.75. The van der Waals surface area contributed by atoms with E-state index in [1.807, 2.05) is 0 Å². The van der Waals surface area contributed by atoms with Crippen LogP contribution >= 0.6 is 0 Å². The second kappa shape index (κ2) is 7.85. The zero-order valence-electron chi connectivity index (χ0n) is 12.7. The molecule has 0 bridgehead atoms. The first-order chi connectivity index (χ1) is 10.1. The molecule has 2 unspecified atom stereocenters. The average Bonchev–Trinajstić information content (AvgIpc) is 2.68. The van der Waals surface area contributed by atoms with Crippen molar-refractivity contribution < 1.29 is 13.9 Å². The number of benzene rings is 1. The van der Waals surface area contributed by atoms with Gasteiger partial charge in [-0.25, -0.2) is 8.78 Å². The summed E-state index contributed by atoms with van der Waals surface area (Å²) in [5.74, 6) is -1.27. The van der Waals surface area contributed by atoms with Gasteiger partial charge in [0.15, 0.2) is 0 Å². The van der Waals surface area contributed by atoms with E-state index in [2.05, 4.69) is 11.8 Å². The predicted octanol–water partition coefficient (Wildman–Crippen LogP) is 4.04. The van der Waals surface area contributed by atoms with E-state index in [4.69, 9.17) is 0 Å². The Hall–Kier alpha value is -1.00. The van der Waals surface area contributed by atoms with Crippen LogP contribution in [0.2, 0.25) is 0 Å². The second-order valence-corrected chi connectivity index (χ2v) is 5.95. The molecule has 1 fully saturated rings. The first-order valence-corrected chi connectivity index (χ1v) is 7.98. The van der Waals surface area contributed by atoms with Crippen molar-refractivity contribution in [1.82, 2.24) is 4.90 Å². The van der Waals surface area contributed by atoms with Crippen molar-refractivity contribution in [3.8, 4) is 0 Å². The van der Waals surface area contributed by atoms with E-state index in [0.29, 0.717) is 18.0 Å². The Balaban J connectivity index is 1.94. The van der Waals surface area contributed by atoms with Crippen molar-refractivity contribution >= 4 is 0 Å². The third-order valence-electron chi connectivity index (χ3n) is 4.43. The number of hydrogen-bond acceptors (Lipinski definition) is 2. The van der Waals surface area contributed by atoms with Crippen molar-refractivity contribution in [3.63, 3.8) is 0 Å². The smallest absolute Gasteiger partial charge is 0.126 e. The molecule has 2 rings (SSSR count). The van der Waals surface area contributed by atoms with Crippen molar-refractivity contribution in [2.45, 2.75) is 57.6 Å². The molecule has 0 aliphatic carbocycles. The number of rotatable bonds is 5. The maximum absolute atomic E-state index is 13.2. The van der Waals surface area contributed by atoms with Gasteiger partial charge in [0, 0.05) is 18.7 Å². The lowest BCUT2D eigenvalue weighted by molar-refractivity contribution is 0.122. The van der Waals surface area contributed by atoms with Gasteiger partial charge >= 0.3 is 0 Å². The summed E-state index contributed by atoms with van der Waals surface area (Å²) < 4.78 is 26.4. The maximum Gasteiger partial charge on any atom is 0.126 e. The largest absolute Gasteiger partial charge is 0.388 e. The summed E-state index contributed by atoms with van der Waals surface area (Å²) in [6.07, 6.45) is 5.76. The van der Waals surface area contributed by atoms with Crippen molar-refractivity contribution in [3.05, 3.63) is 35.4 Å². The zero-order chi connectivity index (χ0) is 15.2. The highest BCUT2D eigenvalue weighted by atomic mass is 19.1. The molecule has 0 aromatic heterocycles. The Labute approximate surface area is 125 Å². The highest BCUT2D eigenvalue weighted by Gasteiger charge is 2.20. The highest BCUT2D eigenvalue weighted by molar-refractivity contribution is 5.20. The summed E-state index contributed by atoms with van der Waals surface area (Å²) in [7, 11) is 0. The van der Waals surface area contributed by atoms with E-state index < -0.39 is 17.7 Å². The van der Waals surface area contributed by atoms with Crippen LogP contribution in [-0.4, -0.2) is 29.1 Å². The molecule has 1 saturated heterocycles. The van der Waals surface area contributed by atoms with Crippen LogP contribution in [0.5, 0.6) is 0 Å². The first-order valence-electron chi connectivity index (χ1n) is 7.98. The standard InChI is InChI=1S/C17H25F2NO/c1-2-16-6-4-3-5-8-20(16)9-7-17(21)13-10-14(18)12-15(19)11-13/h10-12,16-17,21H,2-9H2,1H3. The van der Waals surface area contributed by atoms with E-state index in [1.165, 1.54) is 37.8 Å². The SMILES string of the molecule is CCC1CCCCCN1CCC(O)c1cc(F)cc(F)c1. The number of halogens is 2. The molecule has 1 aliphatic rings. The fourth-order valence-electron chi connectivity index (χ4n) is 3.22. The minimum absolute atomic E-state index is 0.329. The van der Waals surface area contributed by atoms with Gasteiger partial charge in [-0.05, 0) is 49.9 Å². The molecule has 1 aromatic carbocycles. The second-order valence-electron chi connectivity index (χ2n) is 5.95. The van der Waals surface area contributed by atoms with Gasteiger partial charge in [-0.15, -0.1) is 0 Å². The Morgan fingerprint density at radius 1 is 1.19 bits per heavy atom. The first kappa shape index (κ1) is 16.4. The number of nitrogens with zero attached hydrogens (tertiary/aromatic N) is 1. The number of aliphatic hydroxyl groups excluding tert-OH is 1. The summed E-state index contributed by atoms with van der Waals surface area (Å²) in [6, 6.07) is 3.84. The van der Waals surface area contributed by atoms with E-state index in [0.717, 1.165) is 25.6 Å². The van der Waals surface area contributed by atoms with E-state index in [1.54, 1.807) is 0 Å². The minimum Gasteiger partial charge on any atom is -0.388 e. The quantitative estimate of drug-likeness (QED) is 0.886. The van der Waals surface area contributed by atoms with E-state index in [9.17, 15) is 13.9 Å². The maximum atomic E-state index is 13.2. The lowest BCUT2D eigenvalue weighted by Crippen LogP contribution is -2.35. The zero-order valence-corrected chi connectivity index (χ0v) is 12.7. The highest BCUT2D eigenvalue weighted by Crippen LogP contribution is 2.23. The van der Waals surface area contributed by atoms with Gasteiger partial charge in [-0.1, -0.05) is 19.8 Å². The molecule has 1 aromatic rings. The molecule has 0 radical (unpaired) electrons. The monoisotopic (exact) mass is 297 g/mol. The minimum atomic E-state index is -0.809. The molecule has 1 aliphatic heterocycles. The van der Waals surface area contributed by atoms with Crippen LogP contribution in [0.3, 0.4) is 0 Å². The fourth-order valence-corrected chi connectivity index (χ4v) is 3.22. The Kier molecular flexibility index (Phi) is 6.12. The van der Waals surface area contributed by atoms with Gasteiger partial charge in [-0.3, -0.25) is 0 Å². The normalized spacial score (nSPS) is 22.0. The predicted molar refractivity (Wildman–Crippen MR) is 80.1 cm³/mol. The Bertz CT molecular complexity index is 432. The van der Waals surface area contributed by atoms with Crippen LogP contribution in [0.1, 0.15) is 57.1 Å². The summed E-state index contributed by atoms with van der Waals surface area (Å²) in [5.41, 5.74) is 0.329. The van der Waals surface area contributed by atoms with Crippen LogP contribution in [-0.2, 0) is 0 Å². The topological polar surface area (TPSA) is 23.5 Å². The van der Waals surface area contributed by atoms with Crippen LogP contribution < -0.4 is 0 Å². The molecular formula is C17H25F2NO. The van der Waals surface area contributed by atoms with Gasteiger partial charge in [0.1, 0.15) is 11.6 Å². The molecule has 21 heavy (non-hydrogen) atoms. The van der Waals surface area contributed by atoms with Gasteiger partial charge in [0.25, 0.3) is 0 Å². The molecule has 0 saturated carbocycles. The molecule has 1 heterocycles. The molecule has 2 atom stereocenters. The molecule has 0 amide bonds. The Morgan fingerprint density at radius 3 is 2.57 bits per heavy atom. The van der Waals surface area contributed by atoms with Crippen LogP contribution in [0.15, 0.2) is 18.2 Å². The summed E-state index contributed by atoms with van der Waals surface area (Å²) in [6.45, 7) is 4.03. The van der Waals surface area contributed by atoms with E-state index in [-0.39, 0.29) is 0 Å². The molecule has 118 valence electrons. The van der Waals surface area contributed by atoms with Crippen molar-refractivity contribution in [1.29, 1.82) is 0 Å². The molecule has 4 heteroatoms. The number of aliphatic hydroxyl groups is 1. The molecule has 0 spiro atoms. The van der Waals surface area contributed by atoms with Gasteiger partial charge in [0.2, 0.25) is 0 Å². The average molecular weight is 297 g/mol. The van der Waals surface area contributed by atoms with Crippen molar-refractivity contribution in [2.24, 2.45) is 0 Å². The Morgan fingerprint density at radius 2 is 1.90 bits per heavy atom. The van der Waals surface area contributed by atoms with Gasteiger partial charge < -0.3 is 10.0 Å². The van der Waals surface area contributed by atoms with Crippen LogP contribution in [0.4, 0.5) is 8.78 Å². The number of hydrogen-bond donors (Lipinski definition) is 1. The summed E-state index contributed by atoms with van der Waals surface area (Å²) in [5, 5.41) is 10.2. The summed E-state index contributed by atoms with van der Waals surface area (Å²) in [4.78, 5) is 2.42. The van der Waals surface area contributed by atoms with E-state index >= 15 is 0 Å². The number of likely N-dealkylation sites (tertiary alicyclic amines) is 1. The molecule has 1 N–H and O–H groups in total. The molecular weight excluding hydrogens is 272 g/mol. The van der Waals surface area contributed by atoms with Gasteiger partial charge in [-0.2, -0.15) is 0 Å². The fraction of sp³-hybridized carbons (Fsp3) is 0.647. The van der Waals surface area contributed by atoms with Crippen LogP contribution in [0, 0.1) is 11.6 Å². The third-order valence-corrected chi connectivity index (χ3v) is 4.43. The molecule has 2 nitrogen and oxygen atoms in total. The lowest BCUT2D eigenvalue weighted by atomic mass is 10.0. The summed E-state index contributed by atoms with van der Waals surface area (Å²) >= 11 is 0. The lowest BCUT2D eigenvalue weighted by Gasteiger charge is -2.29. The van der Waals surface area contributed by atoms with Crippen LogP contribution in [0.25, 0.3) is 0 Å².